The van der Waals surface area contributed by atoms with E-state index < -0.39 is 32.2 Å². The van der Waals surface area contributed by atoms with Crippen molar-refractivity contribution in [1.29, 1.82) is 0 Å². The van der Waals surface area contributed by atoms with Gasteiger partial charge in [0, 0.05) is 12.1 Å². The number of carbonyl (C=O) groups is 1. The van der Waals surface area contributed by atoms with E-state index in [9.17, 15) is 23.3 Å². The predicted molar refractivity (Wildman–Crippen MR) is 73.1 cm³/mol. The van der Waals surface area contributed by atoms with E-state index in [1.165, 1.54) is 24.3 Å². The number of benzene rings is 1. The van der Waals surface area contributed by atoms with Gasteiger partial charge in [0.2, 0.25) is 10.0 Å². The van der Waals surface area contributed by atoms with Crippen molar-refractivity contribution in [2.45, 2.75) is 30.6 Å². The lowest BCUT2D eigenvalue weighted by Crippen LogP contribution is -2.59. The second-order valence-corrected chi connectivity index (χ2v) is 6.75. The lowest BCUT2D eigenvalue weighted by Gasteiger charge is -2.37. The number of nitro groups is 1. The van der Waals surface area contributed by atoms with Gasteiger partial charge in [-0.3, -0.25) is 14.9 Å². The number of carboxylic acid groups (broad SMARTS) is 1. The summed E-state index contributed by atoms with van der Waals surface area (Å²) in [4.78, 5) is 21.1. The minimum atomic E-state index is -3.83. The highest BCUT2D eigenvalue weighted by Gasteiger charge is 2.47. The van der Waals surface area contributed by atoms with Crippen LogP contribution in [0, 0.1) is 10.1 Å². The number of rotatable bonds is 6. The first-order valence-electron chi connectivity index (χ1n) is 6.22. The van der Waals surface area contributed by atoms with Crippen LogP contribution in [0.4, 0.5) is 5.69 Å². The van der Waals surface area contributed by atoms with Crippen LogP contribution in [-0.4, -0.2) is 30.0 Å². The topological polar surface area (TPSA) is 127 Å². The van der Waals surface area contributed by atoms with Crippen molar-refractivity contribution in [1.82, 2.24) is 4.72 Å². The summed E-state index contributed by atoms with van der Waals surface area (Å²) in [5.41, 5.74) is -1.18. The molecule has 8 nitrogen and oxygen atoms in total. The molecule has 1 aromatic carbocycles. The molecule has 0 aromatic heterocycles. The van der Waals surface area contributed by atoms with Crippen LogP contribution >= 0.6 is 0 Å². The van der Waals surface area contributed by atoms with E-state index in [4.69, 9.17) is 5.11 Å². The molecule has 0 amide bonds. The monoisotopic (exact) mass is 314 g/mol. The molecule has 1 fully saturated rings. The van der Waals surface area contributed by atoms with E-state index in [2.05, 4.69) is 4.72 Å². The zero-order chi connectivity index (χ0) is 15.7. The van der Waals surface area contributed by atoms with Crippen LogP contribution in [0.5, 0.6) is 0 Å². The van der Waals surface area contributed by atoms with Crippen LogP contribution in [0.3, 0.4) is 0 Å². The molecule has 1 saturated carbocycles. The summed E-state index contributed by atoms with van der Waals surface area (Å²) in [5.74, 6) is -1.60. The van der Waals surface area contributed by atoms with Crippen molar-refractivity contribution < 1.29 is 23.2 Å². The Balaban J connectivity index is 2.10. The average Bonchev–Trinajstić information content (AvgIpc) is 2.33. The molecule has 114 valence electrons. The molecule has 0 radical (unpaired) electrons. The second-order valence-electron chi connectivity index (χ2n) is 5.03. The molecule has 0 spiro atoms. The molecule has 9 heteroatoms. The Morgan fingerprint density at radius 1 is 1.33 bits per heavy atom. The fourth-order valence-electron chi connectivity index (χ4n) is 2.16. The molecule has 21 heavy (non-hydrogen) atoms. The normalized spacial score (nSPS) is 17.0. The van der Waals surface area contributed by atoms with Crippen molar-refractivity contribution in [3.05, 3.63) is 39.9 Å². The zero-order valence-corrected chi connectivity index (χ0v) is 11.8. The van der Waals surface area contributed by atoms with Gasteiger partial charge in [0.1, 0.15) is 5.54 Å². The summed E-state index contributed by atoms with van der Waals surface area (Å²) in [6.07, 6.45) is 1.19. The van der Waals surface area contributed by atoms with Crippen molar-refractivity contribution in [2.24, 2.45) is 0 Å². The number of nitro benzene ring substituents is 1. The minimum Gasteiger partial charge on any atom is -0.480 e. The highest BCUT2D eigenvalue weighted by molar-refractivity contribution is 7.88. The van der Waals surface area contributed by atoms with Crippen molar-refractivity contribution in [2.75, 3.05) is 0 Å². The molecule has 1 aliphatic carbocycles. The van der Waals surface area contributed by atoms with E-state index in [1.54, 1.807) is 0 Å². The van der Waals surface area contributed by atoms with Gasteiger partial charge in [0.15, 0.2) is 0 Å². The molecular weight excluding hydrogens is 300 g/mol. The highest BCUT2D eigenvalue weighted by Crippen LogP contribution is 2.33. The zero-order valence-electron chi connectivity index (χ0n) is 11.0. The molecule has 2 rings (SSSR count). The maximum atomic E-state index is 12.0. The number of carboxylic acids is 1. The first-order valence-corrected chi connectivity index (χ1v) is 7.88. The van der Waals surface area contributed by atoms with Gasteiger partial charge in [0.05, 0.1) is 10.7 Å². The molecule has 1 aromatic rings. The smallest absolute Gasteiger partial charge is 0.324 e. The molecule has 1 aliphatic rings. The number of nitrogens with one attached hydrogen (secondary N) is 1. The average molecular weight is 314 g/mol. The Kier molecular flexibility index (Phi) is 3.97. The van der Waals surface area contributed by atoms with Gasteiger partial charge in [-0.05, 0) is 24.8 Å². The maximum Gasteiger partial charge on any atom is 0.324 e. The van der Waals surface area contributed by atoms with Gasteiger partial charge < -0.3 is 5.11 Å². The van der Waals surface area contributed by atoms with Crippen LogP contribution < -0.4 is 4.72 Å². The van der Waals surface area contributed by atoms with Gasteiger partial charge >= 0.3 is 5.97 Å². The molecule has 0 unspecified atom stereocenters. The first kappa shape index (κ1) is 15.4. The lowest BCUT2D eigenvalue weighted by atomic mass is 9.78. The summed E-state index contributed by atoms with van der Waals surface area (Å²) in [6, 6.07) is 5.10. The van der Waals surface area contributed by atoms with Gasteiger partial charge in [-0.2, -0.15) is 4.72 Å². The molecule has 0 heterocycles. The summed E-state index contributed by atoms with van der Waals surface area (Å²) >= 11 is 0. The molecule has 0 bridgehead atoms. The van der Waals surface area contributed by atoms with Crippen LogP contribution in [-0.2, 0) is 20.6 Å². The number of hydrogen-bond acceptors (Lipinski definition) is 5. The second kappa shape index (κ2) is 5.41. The van der Waals surface area contributed by atoms with Crippen LogP contribution in [0.1, 0.15) is 24.8 Å². The largest absolute Gasteiger partial charge is 0.480 e. The Morgan fingerprint density at radius 2 is 1.90 bits per heavy atom. The van der Waals surface area contributed by atoms with E-state index in [1.807, 2.05) is 0 Å². The van der Waals surface area contributed by atoms with Crippen molar-refractivity contribution >= 4 is 21.7 Å². The summed E-state index contributed by atoms with van der Waals surface area (Å²) in [7, 11) is -3.83. The summed E-state index contributed by atoms with van der Waals surface area (Å²) in [6.45, 7) is 0. The highest BCUT2D eigenvalue weighted by atomic mass is 32.2. The Morgan fingerprint density at radius 3 is 2.29 bits per heavy atom. The quantitative estimate of drug-likeness (QED) is 0.596. The van der Waals surface area contributed by atoms with E-state index in [-0.39, 0.29) is 18.5 Å². The van der Waals surface area contributed by atoms with Crippen LogP contribution in [0.25, 0.3) is 0 Å². The number of non-ortho nitro benzene ring substituents is 1. The van der Waals surface area contributed by atoms with Crippen LogP contribution in [0.15, 0.2) is 24.3 Å². The number of sulfonamides is 1. The van der Waals surface area contributed by atoms with E-state index >= 15 is 0 Å². The molecular formula is C12H14N2O6S. The van der Waals surface area contributed by atoms with Crippen molar-refractivity contribution in [3.63, 3.8) is 0 Å². The van der Waals surface area contributed by atoms with Gasteiger partial charge in [-0.25, -0.2) is 8.42 Å². The van der Waals surface area contributed by atoms with Gasteiger partial charge in [-0.15, -0.1) is 0 Å². The predicted octanol–water partition coefficient (Wildman–Crippen LogP) is 1.02. The minimum absolute atomic E-state index is 0.134. The fourth-order valence-corrected chi connectivity index (χ4v) is 3.75. The molecule has 0 aliphatic heterocycles. The maximum absolute atomic E-state index is 12.0. The Hall–Kier alpha value is -2.00. The van der Waals surface area contributed by atoms with Gasteiger partial charge in [-0.1, -0.05) is 12.1 Å². The first-order chi connectivity index (χ1) is 9.74. The number of nitrogens with zero attached hydrogens (tertiary/aromatic N) is 1. The lowest BCUT2D eigenvalue weighted by molar-refractivity contribution is -0.384. The standard InChI is InChI=1S/C12H14N2O6S/c15-11(16)12(6-1-7-12)13-21(19,20)8-9-2-4-10(5-3-9)14(17)18/h2-5,13H,1,6-8H2,(H,15,16). The third-order valence-electron chi connectivity index (χ3n) is 3.47. The number of aliphatic carboxylic acids is 1. The molecule has 0 atom stereocenters. The Bertz CT molecular complexity index is 663. The summed E-state index contributed by atoms with van der Waals surface area (Å²) in [5, 5.41) is 19.6. The van der Waals surface area contributed by atoms with Gasteiger partial charge in [0.25, 0.3) is 5.69 Å². The molecule has 2 N–H and O–H groups in total. The number of hydrogen-bond donors (Lipinski definition) is 2. The Labute approximate surface area is 121 Å². The fraction of sp³-hybridized carbons (Fsp3) is 0.417. The molecule has 0 saturated heterocycles. The third-order valence-corrected chi connectivity index (χ3v) is 4.89. The summed E-state index contributed by atoms with van der Waals surface area (Å²) < 4.78 is 26.3. The van der Waals surface area contributed by atoms with Crippen molar-refractivity contribution in [3.8, 4) is 0 Å². The SMILES string of the molecule is O=C(O)C1(NS(=O)(=O)Cc2ccc([N+](=O)[O-])cc2)CCC1. The third kappa shape index (κ3) is 3.37. The van der Waals surface area contributed by atoms with Crippen LogP contribution in [0.2, 0.25) is 0 Å². The van der Waals surface area contributed by atoms with E-state index in [0.29, 0.717) is 12.0 Å². The van der Waals surface area contributed by atoms with E-state index in [0.717, 1.165) is 0 Å².